The van der Waals surface area contributed by atoms with E-state index in [1.165, 1.54) is 0 Å². The molecule has 1 N–H and O–H groups in total. The number of nitrogens with zero attached hydrogens (tertiary/aromatic N) is 4. The van der Waals surface area contributed by atoms with Crippen molar-refractivity contribution in [2.45, 2.75) is 6.92 Å². The van der Waals surface area contributed by atoms with Crippen LogP contribution in [0.5, 0.6) is 0 Å². The first-order valence-corrected chi connectivity index (χ1v) is 6.94. The second-order valence-electron chi connectivity index (χ2n) is 4.71. The molecule has 0 unspecified atom stereocenters. The van der Waals surface area contributed by atoms with Crippen molar-refractivity contribution in [3.05, 3.63) is 72.6 Å². The van der Waals surface area contributed by atoms with Gasteiger partial charge in [0.05, 0.1) is 17.6 Å². The molecule has 0 radical (unpaired) electrons. The number of aromatic nitrogens is 3. The SMILES string of the molecule is C/C(=N/Nc1ccccc1)c1cnnc(-c2ccccc2)n1. The Bertz CT molecular complexity index is 769. The molecule has 22 heavy (non-hydrogen) atoms. The summed E-state index contributed by atoms with van der Waals surface area (Å²) in [5.74, 6) is 0.590. The molecule has 2 aromatic carbocycles. The Balaban J connectivity index is 1.82. The van der Waals surface area contributed by atoms with Gasteiger partial charge in [0.1, 0.15) is 5.69 Å². The number of hydrazone groups is 1. The molecule has 0 amide bonds. The number of hydrogen-bond donors (Lipinski definition) is 1. The second kappa shape index (κ2) is 6.58. The van der Waals surface area contributed by atoms with Crippen LogP contribution in [-0.4, -0.2) is 20.9 Å². The van der Waals surface area contributed by atoms with Gasteiger partial charge in [0.25, 0.3) is 0 Å². The third-order valence-electron chi connectivity index (χ3n) is 3.09. The van der Waals surface area contributed by atoms with E-state index in [2.05, 4.69) is 25.7 Å². The zero-order chi connectivity index (χ0) is 15.2. The van der Waals surface area contributed by atoms with Crippen molar-refractivity contribution in [2.24, 2.45) is 5.10 Å². The van der Waals surface area contributed by atoms with Gasteiger partial charge in [0.2, 0.25) is 0 Å². The molecule has 108 valence electrons. The Morgan fingerprint density at radius 3 is 2.36 bits per heavy atom. The predicted molar refractivity (Wildman–Crippen MR) is 87.5 cm³/mol. The largest absolute Gasteiger partial charge is 0.278 e. The molecule has 0 aliphatic carbocycles. The molecule has 0 aliphatic heterocycles. The van der Waals surface area contributed by atoms with Crippen LogP contribution in [-0.2, 0) is 0 Å². The van der Waals surface area contributed by atoms with Crippen molar-refractivity contribution < 1.29 is 0 Å². The normalized spacial score (nSPS) is 11.2. The van der Waals surface area contributed by atoms with E-state index >= 15 is 0 Å². The van der Waals surface area contributed by atoms with Crippen LogP contribution in [0.2, 0.25) is 0 Å². The average molecular weight is 289 g/mol. The van der Waals surface area contributed by atoms with E-state index in [1.807, 2.05) is 67.6 Å². The molecule has 0 spiro atoms. The Morgan fingerprint density at radius 1 is 0.955 bits per heavy atom. The summed E-state index contributed by atoms with van der Waals surface area (Å²) in [5, 5.41) is 12.4. The van der Waals surface area contributed by atoms with Gasteiger partial charge in [-0.15, -0.1) is 5.10 Å². The van der Waals surface area contributed by atoms with Crippen LogP contribution < -0.4 is 5.43 Å². The quantitative estimate of drug-likeness (QED) is 0.591. The Morgan fingerprint density at radius 2 is 1.64 bits per heavy atom. The zero-order valence-electron chi connectivity index (χ0n) is 12.1. The lowest BCUT2D eigenvalue weighted by atomic mass is 10.2. The maximum Gasteiger partial charge on any atom is 0.182 e. The third kappa shape index (κ3) is 3.32. The molecule has 0 fully saturated rings. The highest BCUT2D eigenvalue weighted by molar-refractivity contribution is 5.97. The van der Waals surface area contributed by atoms with Crippen LogP contribution in [0.3, 0.4) is 0 Å². The third-order valence-corrected chi connectivity index (χ3v) is 3.09. The van der Waals surface area contributed by atoms with Crippen molar-refractivity contribution in [3.8, 4) is 11.4 Å². The van der Waals surface area contributed by atoms with Gasteiger partial charge in [-0.3, -0.25) is 5.43 Å². The number of rotatable bonds is 4. The molecule has 1 heterocycles. The predicted octanol–water partition coefficient (Wildman–Crippen LogP) is 3.37. The van der Waals surface area contributed by atoms with Crippen molar-refractivity contribution in [1.82, 2.24) is 15.2 Å². The number of nitrogens with one attached hydrogen (secondary N) is 1. The minimum absolute atomic E-state index is 0.590. The molecule has 0 atom stereocenters. The Hall–Kier alpha value is -3.08. The highest BCUT2D eigenvalue weighted by Crippen LogP contribution is 2.13. The average Bonchev–Trinajstić information content (AvgIpc) is 2.61. The fraction of sp³-hybridized carbons (Fsp3) is 0.0588. The summed E-state index contributed by atoms with van der Waals surface area (Å²) in [7, 11) is 0. The summed E-state index contributed by atoms with van der Waals surface area (Å²) < 4.78 is 0. The maximum absolute atomic E-state index is 4.51. The lowest BCUT2D eigenvalue weighted by molar-refractivity contribution is 0.970. The lowest BCUT2D eigenvalue weighted by Gasteiger charge is -2.04. The van der Waals surface area contributed by atoms with E-state index in [1.54, 1.807) is 6.20 Å². The smallest absolute Gasteiger partial charge is 0.182 e. The molecule has 1 aromatic heterocycles. The highest BCUT2D eigenvalue weighted by Gasteiger charge is 2.05. The number of hydrogen-bond acceptors (Lipinski definition) is 5. The number of anilines is 1. The summed E-state index contributed by atoms with van der Waals surface area (Å²) in [6.45, 7) is 1.88. The molecule has 5 heteroatoms. The summed E-state index contributed by atoms with van der Waals surface area (Å²) in [4.78, 5) is 4.51. The van der Waals surface area contributed by atoms with E-state index in [0.29, 0.717) is 11.5 Å². The van der Waals surface area contributed by atoms with Crippen LogP contribution in [0.25, 0.3) is 11.4 Å². The summed E-state index contributed by atoms with van der Waals surface area (Å²) in [5.41, 5.74) is 6.29. The maximum atomic E-state index is 4.51. The molecule has 3 rings (SSSR count). The van der Waals surface area contributed by atoms with Gasteiger partial charge >= 0.3 is 0 Å². The topological polar surface area (TPSA) is 63.1 Å². The highest BCUT2D eigenvalue weighted by atomic mass is 15.3. The molecule has 3 aromatic rings. The molecule has 5 nitrogen and oxygen atoms in total. The fourth-order valence-corrected chi connectivity index (χ4v) is 1.91. The first-order chi connectivity index (χ1) is 10.8. The van der Waals surface area contributed by atoms with E-state index in [9.17, 15) is 0 Å². The molecular weight excluding hydrogens is 274 g/mol. The Labute approximate surface area is 128 Å². The lowest BCUT2D eigenvalue weighted by Crippen LogP contribution is -2.05. The van der Waals surface area contributed by atoms with Crippen molar-refractivity contribution >= 4 is 11.4 Å². The van der Waals surface area contributed by atoms with Gasteiger partial charge < -0.3 is 0 Å². The monoisotopic (exact) mass is 289 g/mol. The minimum atomic E-state index is 0.590. The van der Waals surface area contributed by atoms with E-state index in [-0.39, 0.29) is 0 Å². The van der Waals surface area contributed by atoms with Gasteiger partial charge in [-0.1, -0.05) is 48.5 Å². The van der Waals surface area contributed by atoms with E-state index in [4.69, 9.17) is 0 Å². The standard InChI is InChI=1S/C17H15N5/c1-13(20-21-15-10-6-3-7-11-15)16-12-18-22-17(19-16)14-8-4-2-5-9-14/h2-12,21H,1H3/b20-13-. The Kier molecular flexibility index (Phi) is 4.15. The summed E-state index contributed by atoms with van der Waals surface area (Å²) in [6.07, 6.45) is 1.61. The summed E-state index contributed by atoms with van der Waals surface area (Å²) in [6, 6.07) is 19.5. The first-order valence-electron chi connectivity index (χ1n) is 6.94. The van der Waals surface area contributed by atoms with Gasteiger partial charge in [0, 0.05) is 5.56 Å². The summed E-state index contributed by atoms with van der Waals surface area (Å²) >= 11 is 0. The van der Waals surface area contributed by atoms with Crippen molar-refractivity contribution in [1.29, 1.82) is 0 Å². The van der Waals surface area contributed by atoms with Crippen LogP contribution >= 0.6 is 0 Å². The fourth-order valence-electron chi connectivity index (χ4n) is 1.91. The van der Waals surface area contributed by atoms with Gasteiger partial charge in [0.15, 0.2) is 5.82 Å². The van der Waals surface area contributed by atoms with E-state index in [0.717, 1.165) is 17.0 Å². The van der Waals surface area contributed by atoms with Crippen LogP contribution in [0.1, 0.15) is 12.6 Å². The molecular formula is C17H15N5. The van der Waals surface area contributed by atoms with E-state index < -0.39 is 0 Å². The van der Waals surface area contributed by atoms with Crippen LogP contribution in [0.4, 0.5) is 5.69 Å². The van der Waals surface area contributed by atoms with Gasteiger partial charge in [-0.25, -0.2) is 4.98 Å². The minimum Gasteiger partial charge on any atom is -0.278 e. The van der Waals surface area contributed by atoms with Gasteiger partial charge in [-0.05, 0) is 19.1 Å². The van der Waals surface area contributed by atoms with Crippen LogP contribution in [0.15, 0.2) is 72.0 Å². The molecule has 0 aliphatic rings. The molecule has 0 saturated heterocycles. The van der Waals surface area contributed by atoms with Crippen molar-refractivity contribution in [3.63, 3.8) is 0 Å². The molecule has 0 saturated carbocycles. The van der Waals surface area contributed by atoms with Gasteiger partial charge in [-0.2, -0.15) is 10.2 Å². The molecule has 0 bridgehead atoms. The first kappa shape index (κ1) is 13.9. The van der Waals surface area contributed by atoms with Crippen LogP contribution in [0, 0.1) is 0 Å². The number of para-hydroxylation sites is 1. The zero-order valence-corrected chi connectivity index (χ0v) is 12.1. The second-order valence-corrected chi connectivity index (χ2v) is 4.71. The van der Waals surface area contributed by atoms with Crippen molar-refractivity contribution in [2.75, 3.05) is 5.43 Å². The number of benzene rings is 2.